The second kappa shape index (κ2) is 8.09. The highest BCUT2D eigenvalue weighted by Gasteiger charge is 2.23. The number of pyridine rings is 2. The van der Waals surface area contributed by atoms with E-state index in [4.69, 9.17) is 14.5 Å². The highest BCUT2D eigenvalue weighted by atomic mass is 32.2. The second-order valence-electron chi connectivity index (χ2n) is 7.90. The fraction of sp³-hybridized carbons (Fsp3) is 0.455. The van der Waals surface area contributed by atoms with Crippen LogP contribution in [0.2, 0.25) is 0 Å². The van der Waals surface area contributed by atoms with Crippen LogP contribution >= 0.6 is 0 Å². The van der Waals surface area contributed by atoms with Gasteiger partial charge >= 0.3 is 0 Å². The summed E-state index contributed by atoms with van der Waals surface area (Å²) in [4.78, 5) is 11.7. The lowest BCUT2D eigenvalue weighted by Gasteiger charge is -2.35. The van der Waals surface area contributed by atoms with Gasteiger partial charge in [0.15, 0.2) is 5.82 Å². The standard InChI is InChI=1S/C22H26N4O3S/c1-16-15-29-8-7-26(16)17-13-21(19-5-6-23-20-4-2-3-18(19)20)24-22(14-17)25-30(27)11-9-28-10-12-30/h2-3,5-6,13-14,16H,4,7-12,15H2,1H3/t16-/m1/s1. The van der Waals surface area contributed by atoms with Crippen molar-refractivity contribution in [2.75, 3.05) is 49.4 Å². The fourth-order valence-electron chi connectivity index (χ4n) is 4.18. The van der Waals surface area contributed by atoms with Gasteiger partial charge in [0.05, 0.1) is 59.1 Å². The van der Waals surface area contributed by atoms with Crippen LogP contribution in [-0.4, -0.2) is 64.7 Å². The predicted molar refractivity (Wildman–Crippen MR) is 119 cm³/mol. The summed E-state index contributed by atoms with van der Waals surface area (Å²) in [6.45, 7) is 5.31. The smallest absolute Gasteiger partial charge is 0.164 e. The SMILES string of the molecule is C[C@@H]1COCCN1c1cc(N=S2(=O)CCOCC2)nc(-c2ccnc3c2C=CC3)c1. The molecule has 8 heteroatoms. The lowest BCUT2D eigenvalue weighted by molar-refractivity contribution is 0.0989. The maximum absolute atomic E-state index is 13.2. The van der Waals surface area contributed by atoms with E-state index in [-0.39, 0.29) is 6.04 Å². The molecule has 0 radical (unpaired) electrons. The maximum atomic E-state index is 13.2. The van der Waals surface area contributed by atoms with E-state index in [2.05, 4.69) is 39.4 Å². The van der Waals surface area contributed by atoms with Crippen LogP contribution in [0.1, 0.15) is 18.2 Å². The van der Waals surface area contributed by atoms with Gasteiger partial charge in [-0.1, -0.05) is 12.2 Å². The zero-order valence-corrected chi connectivity index (χ0v) is 17.9. The molecule has 0 spiro atoms. The number of morpholine rings is 1. The Bertz CT molecular complexity index is 1100. The van der Waals surface area contributed by atoms with Gasteiger partial charge in [-0.3, -0.25) is 4.98 Å². The first-order chi connectivity index (χ1) is 14.6. The van der Waals surface area contributed by atoms with Crippen molar-refractivity contribution in [2.45, 2.75) is 19.4 Å². The average molecular weight is 427 g/mol. The van der Waals surface area contributed by atoms with Gasteiger partial charge in [-0.25, -0.2) is 9.19 Å². The molecule has 7 nitrogen and oxygen atoms in total. The van der Waals surface area contributed by atoms with Crippen LogP contribution < -0.4 is 4.90 Å². The number of aromatic nitrogens is 2. The molecule has 0 unspecified atom stereocenters. The number of anilines is 1. The van der Waals surface area contributed by atoms with E-state index in [1.54, 1.807) is 0 Å². The van der Waals surface area contributed by atoms with Gasteiger partial charge < -0.3 is 14.4 Å². The van der Waals surface area contributed by atoms with Crippen LogP contribution in [-0.2, 0) is 25.6 Å². The molecule has 0 bridgehead atoms. The third-order valence-corrected chi connectivity index (χ3v) is 7.92. The zero-order valence-electron chi connectivity index (χ0n) is 17.1. The van der Waals surface area contributed by atoms with Gasteiger partial charge in [-0.05, 0) is 19.1 Å². The number of fused-ring (bicyclic) bond motifs is 1. The summed E-state index contributed by atoms with van der Waals surface area (Å²) in [5.41, 5.74) is 5.09. The predicted octanol–water partition coefficient (Wildman–Crippen LogP) is 3.07. The van der Waals surface area contributed by atoms with Crippen molar-refractivity contribution < 1.29 is 13.7 Å². The Kier molecular flexibility index (Phi) is 5.30. The second-order valence-corrected chi connectivity index (χ2v) is 10.4. The minimum atomic E-state index is -2.35. The average Bonchev–Trinajstić information content (AvgIpc) is 3.23. The summed E-state index contributed by atoms with van der Waals surface area (Å²) in [5, 5.41) is 0. The van der Waals surface area contributed by atoms with Crippen molar-refractivity contribution in [1.29, 1.82) is 0 Å². The third-order valence-electron chi connectivity index (χ3n) is 5.79. The van der Waals surface area contributed by atoms with E-state index in [9.17, 15) is 4.21 Å². The van der Waals surface area contributed by atoms with Crippen molar-refractivity contribution in [3.8, 4) is 11.3 Å². The van der Waals surface area contributed by atoms with Crippen molar-refractivity contribution >= 4 is 27.3 Å². The summed E-state index contributed by atoms with van der Waals surface area (Å²) >= 11 is 0. The molecule has 0 N–H and O–H groups in total. The van der Waals surface area contributed by atoms with Gasteiger partial charge in [0.25, 0.3) is 0 Å². The molecule has 2 saturated heterocycles. The number of allylic oxidation sites excluding steroid dienone is 1. The first-order valence-corrected chi connectivity index (χ1v) is 12.3. The molecule has 1 aliphatic carbocycles. The van der Waals surface area contributed by atoms with Crippen LogP contribution in [0.25, 0.3) is 17.3 Å². The molecule has 0 saturated carbocycles. The number of hydrogen-bond acceptors (Lipinski definition) is 7. The largest absolute Gasteiger partial charge is 0.379 e. The molecular formula is C22H26N4O3S. The van der Waals surface area contributed by atoms with Crippen molar-refractivity contribution in [2.24, 2.45) is 4.36 Å². The summed E-state index contributed by atoms with van der Waals surface area (Å²) in [5.74, 6) is 1.44. The third kappa shape index (κ3) is 3.87. The number of hydrogen-bond donors (Lipinski definition) is 0. The molecule has 158 valence electrons. The Balaban J connectivity index is 1.64. The summed E-state index contributed by atoms with van der Waals surface area (Å²) in [7, 11) is -2.35. The fourth-order valence-corrected chi connectivity index (χ4v) is 5.76. The van der Waals surface area contributed by atoms with Gasteiger partial charge in [0.2, 0.25) is 0 Å². The van der Waals surface area contributed by atoms with Crippen LogP contribution in [0.5, 0.6) is 0 Å². The number of nitrogens with zero attached hydrogens (tertiary/aromatic N) is 4. The van der Waals surface area contributed by atoms with Crippen LogP contribution in [0, 0.1) is 0 Å². The highest BCUT2D eigenvalue weighted by Crippen LogP contribution is 2.34. The van der Waals surface area contributed by atoms with E-state index in [0.29, 0.717) is 43.8 Å². The van der Waals surface area contributed by atoms with Crippen LogP contribution in [0.3, 0.4) is 0 Å². The van der Waals surface area contributed by atoms with E-state index < -0.39 is 9.73 Å². The zero-order chi connectivity index (χ0) is 20.6. The highest BCUT2D eigenvalue weighted by molar-refractivity contribution is 7.93. The Morgan fingerprint density at radius 2 is 2.07 bits per heavy atom. The van der Waals surface area contributed by atoms with E-state index in [1.807, 2.05) is 18.3 Å². The van der Waals surface area contributed by atoms with Gasteiger partial charge in [-0.2, -0.15) is 4.36 Å². The van der Waals surface area contributed by atoms with Crippen molar-refractivity contribution in [3.63, 3.8) is 0 Å². The Morgan fingerprint density at radius 3 is 2.90 bits per heavy atom. The first kappa shape index (κ1) is 19.7. The summed E-state index contributed by atoms with van der Waals surface area (Å²) < 4.78 is 28.9. The lowest BCUT2D eigenvalue weighted by Crippen LogP contribution is -2.43. The number of rotatable bonds is 3. The minimum absolute atomic E-state index is 0.251. The molecule has 2 aromatic heterocycles. The molecule has 1 atom stereocenters. The van der Waals surface area contributed by atoms with E-state index >= 15 is 0 Å². The maximum Gasteiger partial charge on any atom is 0.164 e. The Labute approximate surface area is 177 Å². The molecule has 30 heavy (non-hydrogen) atoms. The van der Waals surface area contributed by atoms with Gasteiger partial charge in [-0.15, -0.1) is 0 Å². The molecule has 3 aliphatic rings. The molecule has 2 aliphatic heterocycles. The molecule has 0 aromatic carbocycles. The molecule has 5 rings (SSSR count). The molecule has 0 amide bonds. The van der Waals surface area contributed by atoms with Gasteiger partial charge in [0.1, 0.15) is 0 Å². The Hall–Kier alpha value is -2.29. The lowest BCUT2D eigenvalue weighted by atomic mass is 10.0. The number of ether oxygens (including phenoxy) is 2. The molecule has 2 fully saturated rings. The van der Waals surface area contributed by atoms with E-state index in [1.165, 1.54) is 0 Å². The summed E-state index contributed by atoms with van der Waals surface area (Å²) in [6.07, 6.45) is 6.91. The summed E-state index contributed by atoms with van der Waals surface area (Å²) in [6, 6.07) is 6.33. The molecule has 2 aromatic rings. The van der Waals surface area contributed by atoms with Crippen LogP contribution in [0.15, 0.2) is 34.8 Å². The minimum Gasteiger partial charge on any atom is -0.379 e. The quantitative estimate of drug-likeness (QED) is 0.751. The molecule has 4 heterocycles. The topological polar surface area (TPSA) is 76.9 Å². The Morgan fingerprint density at radius 1 is 1.20 bits per heavy atom. The normalized spacial score (nSPS) is 22.7. The monoisotopic (exact) mass is 426 g/mol. The van der Waals surface area contributed by atoms with Gasteiger partial charge in [0, 0.05) is 48.1 Å². The first-order valence-electron chi connectivity index (χ1n) is 10.4. The van der Waals surface area contributed by atoms with Crippen LogP contribution in [0.4, 0.5) is 11.5 Å². The van der Waals surface area contributed by atoms with E-state index in [0.717, 1.165) is 41.2 Å². The van der Waals surface area contributed by atoms with Crippen molar-refractivity contribution in [1.82, 2.24) is 9.97 Å². The van der Waals surface area contributed by atoms with Crippen molar-refractivity contribution in [3.05, 3.63) is 41.7 Å². The molecular weight excluding hydrogens is 400 g/mol.